The van der Waals surface area contributed by atoms with E-state index in [4.69, 9.17) is 0 Å². The Bertz CT molecular complexity index is 622. The number of amides is 2. The van der Waals surface area contributed by atoms with Gasteiger partial charge in [0.2, 0.25) is 11.8 Å². The van der Waals surface area contributed by atoms with Crippen LogP contribution in [-0.2, 0) is 15.0 Å². The zero-order chi connectivity index (χ0) is 16.4. The molecule has 0 radical (unpaired) electrons. The minimum Gasteiger partial charge on any atom is -0.353 e. The number of nitrogens with one attached hydrogen (secondary N) is 1. The Morgan fingerprint density at radius 3 is 2.65 bits per heavy atom. The zero-order valence-corrected chi connectivity index (χ0v) is 14.6. The number of rotatable bonds is 5. The van der Waals surface area contributed by atoms with E-state index in [1.165, 1.54) is 11.6 Å². The van der Waals surface area contributed by atoms with Crippen molar-refractivity contribution in [3.05, 3.63) is 47.0 Å². The Hall–Kier alpha value is -1.62. The lowest BCUT2D eigenvalue weighted by Crippen LogP contribution is -2.47. The second kappa shape index (κ2) is 6.48. The predicted octanol–water partition coefficient (Wildman–Crippen LogP) is 2.77. The topological polar surface area (TPSA) is 49.4 Å². The van der Waals surface area contributed by atoms with Crippen molar-refractivity contribution in [3.63, 3.8) is 0 Å². The third kappa shape index (κ3) is 3.34. The van der Waals surface area contributed by atoms with Gasteiger partial charge >= 0.3 is 0 Å². The normalized spacial score (nSPS) is 21.8. The molecule has 1 atom stereocenters. The van der Waals surface area contributed by atoms with Gasteiger partial charge in [0, 0.05) is 23.0 Å². The molecule has 1 aliphatic carbocycles. The maximum absolute atomic E-state index is 12.5. The highest BCUT2D eigenvalue weighted by molar-refractivity contribution is 9.10. The highest BCUT2D eigenvalue weighted by atomic mass is 79.9. The van der Waals surface area contributed by atoms with Crippen molar-refractivity contribution in [1.29, 1.82) is 0 Å². The number of nitrogens with zero attached hydrogens (tertiary/aromatic N) is 1. The van der Waals surface area contributed by atoms with Crippen molar-refractivity contribution in [2.24, 2.45) is 0 Å². The molecule has 1 unspecified atom stereocenters. The van der Waals surface area contributed by atoms with Crippen LogP contribution in [0.3, 0.4) is 0 Å². The van der Waals surface area contributed by atoms with E-state index in [9.17, 15) is 9.59 Å². The van der Waals surface area contributed by atoms with Crippen LogP contribution in [-0.4, -0.2) is 35.8 Å². The van der Waals surface area contributed by atoms with Gasteiger partial charge in [-0.3, -0.25) is 9.59 Å². The van der Waals surface area contributed by atoms with Gasteiger partial charge in [0.05, 0.1) is 0 Å². The van der Waals surface area contributed by atoms with Crippen LogP contribution in [0.25, 0.3) is 0 Å². The number of carbonyl (C=O) groups excluding carboxylic acids is 2. The van der Waals surface area contributed by atoms with Gasteiger partial charge in [-0.1, -0.05) is 34.6 Å². The summed E-state index contributed by atoms with van der Waals surface area (Å²) in [7, 11) is 0. The van der Waals surface area contributed by atoms with Crippen LogP contribution in [0.5, 0.6) is 0 Å². The van der Waals surface area contributed by atoms with Gasteiger partial charge in [-0.15, -0.1) is 0 Å². The molecule has 2 aliphatic rings. The molecule has 1 heterocycles. The number of halogens is 1. The Balaban J connectivity index is 1.61. The molecule has 0 spiro atoms. The van der Waals surface area contributed by atoms with Crippen molar-refractivity contribution in [3.8, 4) is 0 Å². The van der Waals surface area contributed by atoms with Gasteiger partial charge in [0.15, 0.2) is 0 Å². The van der Waals surface area contributed by atoms with E-state index in [2.05, 4.69) is 40.0 Å². The molecule has 1 N–H and O–H groups in total. The summed E-state index contributed by atoms with van der Waals surface area (Å²) in [6, 6.07) is 7.97. The molecule has 3 rings (SSSR count). The SMILES string of the molecule is C=CC(=O)N1CCCC1C(=O)NCC1(c2ccc(Br)cc2)CC1. The minimum atomic E-state index is -0.346. The molecule has 23 heavy (non-hydrogen) atoms. The molecule has 1 saturated carbocycles. The number of benzene rings is 1. The fourth-order valence-electron chi connectivity index (χ4n) is 3.32. The molecule has 1 aliphatic heterocycles. The Morgan fingerprint density at radius 2 is 2.04 bits per heavy atom. The highest BCUT2D eigenvalue weighted by Crippen LogP contribution is 2.47. The standard InChI is InChI=1S/C18H21BrN2O2/c1-2-16(22)21-11-3-4-15(21)17(23)20-12-18(9-10-18)13-5-7-14(19)8-6-13/h2,5-8,15H,1,3-4,9-12H2,(H,20,23). The van der Waals surface area contributed by atoms with Crippen LogP contribution in [0, 0.1) is 0 Å². The fraction of sp³-hybridized carbons (Fsp3) is 0.444. The van der Waals surface area contributed by atoms with Crippen molar-refractivity contribution >= 4 is 27.7 Å². The van der Waals surface area contributed by atoms with Gasteiger partial charge in [0.25, 0.3) is 0 Å². The summed E-state index contributed by atoms with van der Waals surface area (Å²) in [5, 5.41) is 3.07. The summed E-state index contributed by atoms with van der Waals surface area (Å²) >= 11 is 3.45. The summed E-state index contributed by atoms with van der Waals surface area (Å²) in [6.07, 6.45) is 5.08. The highest BCUT2D eigenvalue weighted by Gasteiger charge is 2.45. The third-order valence-electron chi connectivity index (χ3n) is 4.92. The average molecular weight is 377 g/mol. The quantitative estimate of drug-likeness (QED) is 0.803. The lowest BCUT2D eigenvalue weighted by molar-refractivity contribution is -0.135. The molecule has 0 aromatic heterocycles. The number of likely N-dealkylation sites (tertiary alicyclic amines) is 1. The molecule has 1 aromatic rings. The predicted molar refractivity (Wildman–Crippen MR) is 93.0 cm³/mol. The summed E-state index contributed by atoms with van der Waals surface area (Å²) in [5.41, 5.74) is 1.34. The minimum absolute atomic E-state index is 0.0407. The lowest BCUT2D eigenvalue weighted by Gasteiger charge is -2.24. The second-order valence-corrected chi connectivity index (χ2v) is 7.31. The summed E-state index contributed by atoms with van der Waals surface area (Å²) in [4.78, 5) is 25.9. The molecule has 0 bridgehead atoms. The first kappa shape index (κ1) is 16.2. The van der Waals surface area contributed by atoms with Crippen LogP contribution in [0.1, 0.15) is 31.2 Å². The molecule has 1 aromatic carbocycles. The number of hydrogen-bond acceptors (Lipinski definition) is 2. The summed E-state index contributed by atoms with van der Waals surface area (Å²) < 4.78 is 1.06. The molecule has 4 nitrogen and oxygen atoms in total. The first-order valence-corrected chi connectivity index (χ1v) is 8.82. The molecular formula is C18H21BrN2O2. The molecule has 2 amide bonds. The van der Waals surface area contributed by atoms with E-state index in [1.807, 2.05) is 12.1 Å². The Labute approximate surface area is 145 Å². The van der Waals surface area contributed by atoms with Crippen molar-refractivity contribution in [2.75, 3.05) is 13.1 Å². The van der Waals surface area contributed by atoms with E-state index in [1.54, 1.807) is 4.90 Å². The Kier molecular flexibility index (Phi) is 4.57. The maximum atomic E-state index is 12.5. The van der Waals surface area contributed by atoms with Gasteiger partial charge < -0.3 is 10.2 Å². The van der Waals surface area contributed by atoms with Crippen molar-refractivity contribution in [1.82, 2.24) is 10.2 Å². The van der Waals surface area contributed by atoms with Crippen LogP contribution in [0.4, 0.5) is 0 Å². The first-order valence-electron chi connectivity index (χ1n) is 8.02. The van der Waals surface area contributed by atoms with Gasteiger partial charge in [0.1, 0.15) is 6.04 Å². The molecular weight excluding hydrogens is 356 g/mol. The zero-order valence-electron chi connectivity index (χ0n) is 13.1. The van der Waals surface area contributed by atoms with Crippen molar-refractivity contribution < 1.29 is 9.59 Å². The molecule has 2 fully saturated rings. The van der Waals surface area contributed by atoms with E-state index < -0.39 is 0 Å². The van der Waals surface area contributed by atoms with Gasteiger partial charge in [-0.2, -0.15) is 0 Å². The van der Waals surface area contributed by atoms with Crippen LogP contribution < -0.4 is 5.32 Å². The molecule has 122 valence electrons. The van der Waals surface area contributed by atoms with E-state index in [0.717, 1.165) is 30.2 Å². The second-order valence-electron chi connectivity index (χ2n) is 6.40. The summed E-state index contributed by atoms with van der Waals surface area (Å²) in [6.45, 7) is 4.79. The van der Waals surface area contributed by atoms with Crippen molar-refractivity contribution in [2.45, 2.75) is 37.1 Å². The lowest BCUT2D eigenvalue weighted by atomic mass is 9.96. The third-order valence-corrected chi connectivity index (χ3v) is 5.45. The largest absolute Gasteiger partial charge is 0.353 e. The Morgan fingerprint density at radius 1 is 1.35 bits per heavy atom. The van der Waals surface area contributed by atoms with E-state index in [-0.39, 0.29) is 23.3 Å². The monoisotopic (exact) mass is 376 g/mol. The number of hydrogen-bond donors (Lipinski definition) is 1. The summed E-state index contributed by atoms with van der Waals surface area (Å²) in [5.74, 6) is -0.196. The van der Waals surface area contributed by atoms with Gasteiger partial charge in [-0.05, 0) is 49.5 Å². The first-order chi connectivity index (χ1) is 11.1. The number of carbonyl (C=O) groups is 2. The molecule has 1 saturated heterocycles. The van der Waals surface area contributed by atoms with E-state index in [0.29, 0.717) is 13.1 Å². The smallest absolute Gasteiger partial charge is 0.246 e. The maximum Gasteiger partial charge on any atom is 0.246 e. The van der Waals surface area contributed by atoms with E-state index >= 15 is 0 Å². The fourth-order valence-corrected chi connectivity index (χ4v) is 3.58. The van der Waals surface area contributed by atoms with Gasteiger partial charge in [-0.25, -0.2) is 0 Å². The van der Waals surface area contributed by atoms with Crippen LogP contribution >= 0.6 is 15.9 Å². The molecule has 5 heteroatoms. The average Bonchev–Trinajstić information content (AvgIpc) is 3.19. The van der Waals surface area contributed by atoms with Crippen LogP contribution in [0.2, 0.25) is 0 Å². The van der Waals surface area contributed by atoms with Crippen LogP contribution in [0.15, 0.2) is 41.4 Å².